The van der Waals surface area contributed by atoms with Crippen LogP contribution in [0.5, 0.6) is 5.75 Å². The topological polar surface area (TPSA) is 64.2 Å². The Morgan fingerprint density at radius 2 is 1.76 bits per heavy atom. The minimum absolute atomic E-state index is 0.254. The summed E-state index contributed by atoms with van der Waals surface area (Å²) in [5, 5.41) is 20.8. The summed E-state index contributed by atoms with van der Waals surface area (Å²) in [4.78, 5) is 2.47. The highest BCUT2D eigenvalue weighted by Gasteiger charge is 2.11. The van der Waals surface area contributed by atoms with E-state index in [1.165, 1.54) is 5.56 Å². The summed E-state index contributed by atoms with van der Waals surface area (Å²) in [5.74, 6) is 0.254. The smallest absolute Gasteiger partial charge is 0.124 e. The number of nitrogens with zero attached hydrogens (tertiary/aromatic N) is 2. The molecule has 0 aliphatic carbocycles. The maximum atomic E-state index is 9.98. The van der Waals surface area contributed by atoms with Crippen LogP contribution in [0.15, 0.2) is 54.6 Å². The number of aromatic hydroxyl groups is 1. The molecule has 1 aromatic heterocycles. The molecule has 1 aliphatic heterocycles. The molecule has 25 heavy (non-hydrogen) atoms. The van der Waals surface area contributed by atoms with E-state index >= 15 is 0 Å². The third-order valence-corrected chi connectivity index (χ3v) is 4.64. The van der Waals surface area contributed by atoms with E-state index in [9.17, 15) is 5.11 Å². The second kappa shape index (κ2) is 7.09. The molecular weight excluding hydrogens is 312 g/mol. The van der Waals surface area contributed by atoms with Crippen molar-refractivity contribution in [2.75, 3.05) is 26.2 Å². The first-order valence-electron chi connectivity index (χ1n) is 8.66. The van der Waals surface area contributed by atoms with Gasteiger partial charge in [0.15, 0.2) is 0 Å². The average molecular weight is 334 g/mol. The minimum Gasteiger partial charge on any atom is -0.507 e. The number of phenols is 1. The van der Waals surface area contributed by atoms with Gasteiger partial charge in [0, 0.05) is 43.9 Å². The van der Waals surface area contributed by atoms with Crippen LogP contribution < -0.4 is 5.32 Å². The van der Waals surface area contributed by atoms with E-state index in [-0.39, 0.29) is 5.75 Å². The summed E-state index contributed by atoms with van der Waals surface area (Å²) >= 11 is 0. The number of piperazine rings is 1. The summed E-state index contributed by atoms with van der Waals surface area (Å²) in [5.41, 5.74) is 4.85. The van der Waals surface area contributed by atoms with Crippen molar-refractivity contribution in [1.29, 1.82) is 0 Å². The van der Waals surface area contributed by atoms with Crippen LogP contribution in [0.25, 0.3) is 22.5 Å². The van der Waals surface area contributed by atoms with Crippen molar-refractivity contribution in [1.82, 2.24) is 20.4 Å². The van der Waals surface area contributed by atoms with E-state index in [0.717, 1.165) is 55.2 Å². The molecule has 0 radical (unpaired) electrons. The Morgan fingerprint density at radius 3 is 2.52 bits per heavy atom. The third kappa shape index (κ3) is 3.57. The highest BCUT2D eigenvalue weighted by atomic mass is 16.3. The van der Waals surface area contributed by atoms with Crippen LogP contribution >= 0.6 is 0 Å². The molecule has 1 saturated heterocycles. The van der Waals surface area contributed by atoms with Gasteiger partial charge in [0.25, 0.3) is 0 Å². The van der Waals surface area contributed by atoms with Crippen molar-refractivity contribution in [2.45, 2.75) is 6.54 Å². The summed E-state index contributed by atoms with van der Waals surface area (Å²) in [7, 11) is 0. The summed E-state index contributed by atoms with van der Waals surface area (Å²) in [6.07, 6.45) is 0. The molecule has 5 heteroatoms. The van der Waals surface area contributed by atoms with Crippen LogP contribution in [0.4, 0.5) is 0 Å². The number of nitrogens with one attached hydrogen (secondary N) is 2. The van der Waals surface area contributed by atoms with Crippen molar-refractivity contribution in [3.8, 4) is 28.3 Å². The van der Waals surface area contributed by atoms with Gasteiger partial charge in [0.2, 0.25) is 0 Å². The Kier molecular flexibility index (Phi) is 4.50. The lowest BCUT2D eigenvalue weighted by atomic mass is 10.1. The zero-order valence-corrected chi connectivity index (χ0v) is 14.1. The predicted molar refractivity (Wildman–Crippen MR) is 99.3 cm³/mol. The highest BCUT2D eigenvalue weighted by molar-refractivity contribution is 5.71. The fraction of sp³-hybridized carbons (Fsp3) is 0.250. The van der Waals surface area contributed by atoms with E-state index in [4.69, 9.17) is 0 Å². The molecule has 4 rings (SSSR count). The molecule has 0 saturated carbocycles. The van der Waals surface area contributed by atoms with Gasteiger partial charge in [-0.3, -0.25) is 10.00 Å². The molecule has 3 N–H and O–H groups in total. The van der Waals surface area contributed by atoms with Crippen LogP contribution in [0.1, 0.15) is 5.56 Å². The van der Waals surface area contributed by atoms with Crippen molar-refractivity contribution in [3.05, 3.63) is 60.2 Å². The van der Waals surface area contributed by atoms with Crippen molar-refractivity contribution in [2.24, 2.45) is 0 Å². The molecule has 0 spiro atoms. The summed E-state index contributed by atoms with van der Waals surface area (Å²) in [6.45, 7) is 5.34. The van der Waals surface area contributed by atoms with Gasteiger partial charge < -0.3 is 10.4 Å². The molecule has 3 aromatic rings. The van der Waals surface area contributed by atoms with Gasteiger partial charge in [-0.2, -0.15) is 5.10 Å². The molecule has 2 heterocycles. The van der Waals surface area contributed by atoms with Gasteiger partial charge in [-0.15, -0.1) is 0 Å². The lowest BCUT2D eigenvalue weighted by molar-refractivity contribution is 0.233. The Labute approximate surface area is 147 Å². The van der Waals surface area contributed by atoms with Gasteiger partial charge in [-0.05, 0) is 23.8 Å². The predicted octanol–water partition coefficient (Wildman–Crippen LogP) is 2.85. The molecule has 128 valence electrons. The molecule has 1 aliphatic rings. The van der Waals surface area contributed by atoms with E-state index in [2.05, 4.69) is 44.7 Å². The normalized spacial score (nSPS) is 15.4. The first-order valence-corrected chi connectivity index (χ1v) is 8.66. The van der Waals surface area contributed by atoms with Gasteiger partial charge >= 0.3 is 0 Å². The molecule has 2 aromatic carbocycles. The number of aromatic nitrogens is 2. The Morgan fingerprint density at radius 1 is 1.00 bits per heavy atom. The number of phenolic OH excluding ortho intramolecular Hbond substituents is 1. The molecule has 0 amide bonds. The molecular formula is C20H22N4O. The fourth-order valence-electron chi connectivity index (χ4n) is 3.22. The van der Waals surface area contributed by atoms with Crippen LogP contribution in [-0.4, -0.2) is 46.4 Å². The second-order valence-electron chi connectivity index (χ2n) is 6.41. The standard InChI is InChI=1S/C20H22N4O/c25-20-4-2-1-3-17(20)19-13-18(22-23-19)16-7-5-15(6-8-16)14-24-11-9-21-10-12-24/h1-8,13,21,25H,9-12,14H2,(H,22,23). The number of aromatic amines is 1. The Hall–Kier alpha value is -2.63. The molecule has 1 fully saturated rings. The first-order chi connectivity index (χ1) is 12.3. The zero-order valence-electron chi connectivity index (χ0n) is 14.1. The van der Waals surface area contributed by atoms with E-state index in [1.807, 2.05) is 24.3 Å². The van der Waals surface area contributed by atoms with E-state index in [0.29, 0.717) is 0 Å². The van der Waals surface area contributed by atoms with Gasteiger partial charge in [0.05, 0.1) is 11.4 Å². The van der Waals surface area contributed by atoms with Gasteiger partial charge in [-0.25, -0.2) is 0 Å². The Balaban J connectivity index is 1.50. The monoisotopic (exact) mass is 334 g/mol. The van der Waals surface area contributed by atoms with Crippen LogP contribution in [0.2, 0.25) is 0 Å². The Bertz CT molecular complexity index is 835. The van der Waals surface area contributed by atoms with Crippen molar-refractivity contribution < 1.29 is 5.11 Å². The van der Waals surface area contributed by atoms with Crippen molar-refractivity contribution in [3.63, 3.8) is 0 Å². The van der Waals surface area contributed by atoms with Crippen LogP contribution in [0.3, 0.4) is 0 Å². The SMILES string of the molecule is Oc1ccccc1-c1cc(-c2ccc(CN3CCNCC3)cc2)n[nH]1. The maximum absolute atomic E-state index is 9.98. The summed E-state index contributed by atoms with van der Waals surface area (Å²) in [6, 6.07) is 17.8. The number of hydrogen-bond donors (Lipinski definition) is 3. The highest BCUT2D eigenvalue weighted by Crippen LogP contribution is 2.29. The number of H-pyrrole nitrogens is 1. The molecule has 0 bridgehead atoms. The van der Waals surface area contributed by atoms with E-state index in [1.54, 1.807) is 6.07 Å². The largest absolute Gasteiger partial charge is 0.507 e. The number of benzene rings is 2. The number of hydrogen-bond acceptors (Lipinski definition) is 4. The van der Waals surface area contributed by atoms with Crippen LogP contribution in [0, 0.1) is 0 Å². The van der Waals surface area contributed by atoms with Gasteiger partial charge in [0.1, 0.15) is 5.75 Å². The molecule has 0 unspecified atom stereocenters. The molecule has 5 nitrogen and oxygen atoms in total. The first kappa shape index (κ1) is 15.9. The quantitative estimate of drug-likeness (QED) is 0.686. The minimum atomic E-state index is 0.254. The summed E-state index contributed by atoms with van der Waals surface area (Å²) < 4.78 is 0. The zero-order chi connectivity index (χ0) is 17.1. The lowest BCUT2D eigenvalue weighted by Gasteiger charge is -2.27. The molecule has 0 atom stereocenters. The average Bonchev–Trinajstić information content (AvgIpc) is 3.13. The third-order valence-electron chi connectivity index (χ3n) is 4.64. The van der Waals surface area contributed by atoms with Crippen LogP contribution in [-0.2, 0) is 6.54 Å². The maximum Gasteiger partial charge on any atom is 0.124 e. The van der Waals surface area contributed by atoms with Crippen molar-refractivity contribution >= 4 is 0 Å². The number of rotatable bonds is 4. The number of para-hydroxylation sites is 1. The lowest BCUT2D eigenvalue weighted by Crippen LogP contribution is -2.42. The second-order valence-corrected chi connectivity index (χ2v) is 6.41. The van der Waals surface area contributed by atoms with Gasteiger partial charge in [-0.1, -0.05) is 36.4 Å². The van der Waals surface area contributed by atoms with E-state index < -0.39 is 0 Å². The fourth-order valence-corrected chi connectivity index (χ4v) is 3.22.